The van der Waals surface area contributed by atoms with E-state index in [4.69, 9.17) is 28.9 Å². The van der Waals surface area contributed by atoms with Gasteiger partial charge in [0.2, 0.25) is 0 Å². The highest BCUT2D eigenvalue weighted by Gasteiger charge is 2.27. The molecule has 0 aromatic rings. The minimum Gasteiger partial charge on any atom is -0.330 e. The fraction of sp³-hybridized carbons (Fsp3) is 1.00. The maximum atomic E-state index is 6.12. The topological polar surface area (TPSA) is 26.0 Å². The van der Waals surface area contributed by atoms with Crippen molar-refractivity contribution in [3.05, 3.63) is 0 Å². The molecule has 0 aromatic heterocycles. The molecule has 0 amide bonds. The molecule has 3 heteroatoms. The standard InChI is InChI=1S/C8H15Cl2N/c9-7-2-1-6(3-4-11)8(10)5-7/h6-8H,1-5,11H2. The Morgan fingerprint density at radius 3 is 2.55 bits per heavy atom. The third kappa shape index (κ3) is 2.81. The van der Waals surface area contributed by atoms with Gasteiger partial charge in [-0.15, -0.1) is 23.2 Å². The van der Waals surface area contributed by atoms with Crippen molar-refractivity contribution in [2.75, 3.05) is 6.54 Å². The molecule has 66 valence electrons. The van der Waals surface area contributed by atoms with Gasteiger partial charge in [-0.1, -0.05) is 0 Å². The van der Waals surface area contributed by atoms with Gasteiger partial charge in [-0.3, -0.25) is 0 Å². The van der Waals surface area contributed by atoms with Crippen LogP contribution in [0.1, 0.15) is 25.7 Å². The molecule has 0 radical (unpaired) electrons. The molecule has 0 aromatic carbocycles. The lowest BCUT2D eigenvalue weighted by Gasteiger charge is -2.29. The van der Waals surface area contributed by atoms with Crippen molar-refractivity contribution in [3.63, 3.8) is 0 Å². The molecule has 11 heavy (non-hydrogen) atoms. The second-order valence-corrected chi connectivity index (χ2v) is 4.44. The quantitative estimate of drug-likeness (QED) is 0.674. The van der Waals surface area contributed by atoms with Gasteiger partial charge >= 0.3 is 0 Å². The molecule has 1 saturated carbocycles. The van der Waals surface area contributed by atoms with E-state index in [1.165, 1.54) is 0 Å². The zero-order valence-electron chi connectivity index (χ0n) is 6.60. The molecule has 0 saturated heterocycles. The Kier molecular flexibility index (Phi) is 3.97. The molecule has 3 unspecified atom stereocenters. The van der Waals surface area contributed by atoms with Gasteiger partial charge in [0.15, 0.2) is 0 Å². The predicted molar refractivity (Wildman–Crippen MR) is 50.3 cm³/mol. The highest BCUT2D eigenvalue weighted by Crippen LogP contribution is 2.33. The van der Waals surface area contributed by atoms with Crippen molar-refractivity contribution in [2.45, 2.75) is 36.4 Å². The van der Waals surface area contributed by atoms with Gasteiger partial charge in [-0.2, -0.15) is 0 Å². The summed E-state index contributed by atoms with van der Waals surface area (Å²) < 4.78 is 0. The van der Waals surface area contributed by atoms with Crippen LogP contribution in [0.25, 0.3) is 0 Å². The summed E-state index contributed by atoms with van der Waals surface area (Å²) in [4.78, 5) is 0. The van der Waals surface area contributed by atoms with Gasteiger partial charge in [0, 0.05) is 10.8 Å². The van der Waals surface area contributed by atoms with E-state index in [0.29, 0.717) is 11.3 Å². The van der Waals surface area contributed by atoms with Crippen molar-refractivity contribution in [3.8, 4) is 0 Å². The molecule has 0 spiro atoms. The molecule has 0 aliphatic heterocycles. The molecular weight excluding hydrogens is 181 g/mol. The van der Waals surface area contributed by atoms with Crippen LogP contribution in [-0.4, -0.2) is 17.3 Å². The van der Waals surface area contributed by atoms with Crippen LogP contribution in [0.3, 0.4) is 0 Å². The summed E-state index contributed by atoms with van der Waals surface area (Å²) in [6, 6.07) is 0. The average molecular weight is 196 g/mol. The van der Waals surface area contributed by atoms with Crippen molar-refractivity contribution in [2.24, 2.45) is 11.7 Å². The fourth-order valence-corrected chi connectivity index (χ4v) is 2.55. The number of alkyl halides is 2. The first-order valence-electron chi connectivity index (χ1n) is 4.22. The molecule has 1 aliphatic carbocycles. The highest BCUT2D eigenvalue weighted by atomic mass is 35.5. The van der Waals surface area contributed by atoms with E-state index in [1.54, 1.807) is 0 Å². The van der Waals surface area contributed by atoms with Crippen molar-refractivity contribution in [1.82, 2.24) is 0 Å². The minimum atomic E-state index is 0.259. The first-order chi connectivity index (χ1) is 5.24. The predicted octanol–water partition coefficient (Wildman–Crippen LogP) is 2.35. The SMILES string of the molecule is NCCC1CCC(Cl)CC1Cl. The Balaban J connectivity index is 2.31. The molecule has 0 heterocycles. The van der Waals surface area contributed by atoms with Crippen LogP contribution in [0, 0.1) is 5.92 Å². The number of rotatable bonds is 2. The summed E-state index contributed by atoms with van der Waals surface area (Å²) in [5.74, 6) is 0.608. The molecule has 1 rings (SSSR count). The molecule has 0 bridgehead atoms. The first-order valence-corrected chi connectivity index (χ1v) is 5.09. The fourth-order valence-electron chi connectivity index (χ4n) is 1.67. The van der Waals surface area contributed by atoms with Crippen molar-refractivity contribution in [1.29, 1.82) is 0 Å². The lowest BCUT2D eigenvalue weighted by Crippen LogP contribution is -2.27. The summed E-state index contributed by atoms with van der Waals surface area (Å²) >= 11 is 12.1. The third-order valence-electron chi connectivity index (χ3n) is 2.38. The molecule has 2 N–H and O–H groups in total. The maximum Gasteiger partial charge on any atom is 0.0378 e. The third-order valence-corrected chi connectivity index (χ3v) is 3.31. The summed E-state index contributed by atoms with van der Waals surface area (Å²) in [6.07, 6.45) is 4.26. The molecule has 1 nitrogen and oxygen atoms in total. The normalized spacial score (nSPS) is 39.0. The van der Waals surface area contributed by atoms with Crippen molar-refractivity contribution < 1.29 is 0 Å². The summed E-state index contributed by atoms with van der Waals surface area (Å²) in [6.45, 7) is 0.751. The number of halogens is 2. The zero-order chi connectivity index (χ0) is 8.27. The van der Waals surface area contributed by atoms with Gasteiger partial charge in [0.05, 0.1) is 0 Å². The summed E-state index contributed by atoms with van der Waals surface area (Å²) in [7, 11) is 0. The molecular formula is C8H15Cl2N. The lowest BCUT2D eigenvalue weighted by molar-refractivity contribution is 0.353. The molecule has 3 atom stereocenters. The van der Waals surface area contributed by atoms with E-state index < -0.39 is 0 Å². The molecule has 1 fully saturated rings. The Morgan fingerprint density at radius 2 is 2.00 bits per heavy atom. The van der Waals surface area contributed by atoms with Gasteiger partial charge < -0.3 is 5.73 Å². The Bertz CT molecular complexity index is 119. The average Bonchev–Trinajstić information content (AvgIpc) is 1.95. The number of hydrogen-bond donors (Lipinski definition) is 1. The van der Waals surface area contributed by atoms with Gasteiger partial charge in [-0.05, 0) is 38.1 Å². The lowest BCUT2D eigenvalue weighted by atomic mass is 9.86. The summed E-state index contributed by atoms with van der Waals surface area (Å²) in [5.41, 5.74) is 5.46. The largest absolute Gasteiger partial charge is 0.330 e. The van der Waals surface area contributed by atoms with E-state index in [9.17, 15) is 0 Å². The second kappa shape index (κ2) is 4.54. The Hall–Kier alpha value is 0.540. The van der Waals surface area contributed by atoms with E-state index in [-0.39, 0.29) is 5.38 Å². The highest BCUT2D eigenvalue weighted by molar-refractivity contribution is 6.23. The first kappa shape index (κ1) is 9.63. The van der Waals surface area contributed by atoms with Crippen LogP contribution < -0.4 is 5.73 Å². The minimum absolute atomic E-state index is 0.259. The molecule has 1 aliphatic rings. The second-order valence-electron chi connectivity index (χ2n) is 3.26. The van der Waals surface area contributed by atoms with Gasteiger partial charge in [-0.25, -0.2) is 0 Å². The Labute approximate surface area is 78.2 Å². The van der Waals surface area contributed by atoms with Gasteiger partial charge in [0.1, 0.15) is 0 Å². The van der Waals surface area contributed by atoms with Crippen LogP contribution in [0.2, 0.25) is 0 Å². The van der Waals surface area contributed by atoms with E-state index in [1.807, 2.05) is 0 Å². The monoisotopic (exact) mass is 195 g/mol. The smallest absolute Gasteiger partial charge is 0.0378 e. The Morgan fingerprint density at radius 1 is 1.27 bits per heavy atom. The zero-order valence-corrected chi connectivity index (χ0v) is 8.11. The van der Waals surface area contributed by atoms with E-state index in [0.717, 1.165) is 32.2 Å². The van der Waals surface area contributed by atoms with Crippen LogP contribution in [0.15, 0.2) is 0 Å². The maximum absolute atomic E-state index is 6.12. The van der Waals surface area contributed by atoms with Crippen LogP contribution in [0.5, 0.6) is 0 Å². The van der Waals surface area contributed by atoms with E-state index >= 15 is 0 Å². The van der Waals surface area contributed by atoms with Crippen LogP contribution in [0.4, 0.5) is 0 Å². The van der Waals surface area contributed by atoms with Gasteiger partial charge in [0.25, 0.3) is 0 Å². The van der Waals surface area contributed by atoms with E-state index in [2.05, 4.69) is 0 Å². The van der Waals surface area contributed by atoms with Crippen molar-refractivity contribution >= 4 is 23.2 Å². The number of hydrogen-bond acceptors (Lipinski definition) is 1. The van der Waals surface area contributed by atoms with Crippen LogP contribution in [-0.2, 0) is 0 Å². The number of nitrogens with two attached hydrogens (primary N) is 1. The van der Waals surface area contributed by atoms with Crippen LogP contribution >= 0.6 is 23.2 Å². The summed E-state index contributed by atoms with van der Waals surface area (Å²) in [5, 5.41) is 0.557.